The first-order valence-corrected chi connectivity index (χ1v) is 6.88. The lowest BCUT2D eigenvalue weighted by atomic mass is 10.1. The third-order valence-electron chi connectivity index (χ3n) is 3.10. The first-order valence-electron chi connectivity index (χ1n) is 6.09. The maximum atomic E-state index is 12.6. The average molecular weight is 338 g/mol. The third-order valence-corrected chi connectivity index (χ3v) is 3.79. The van der Waals surface area contributed by atoms with Gasteiger partial charge in [0.1, 0.15) is 6.54 Å². The predicted molar refractivity (Wildman–Crippen MR) is 71.2 cm³/mol. The van der Waals surface area contributed by atoms with Crippen LogP contribution in [0.25, 0.3) is 0 Å². The summed E-state index contributed by atoms with van der Waals surface area (Å²) in [7, 11) is 0. The van der Waals surface area contributed by atoms with Crippen molar-refractivity contribution in [1.29, 1.82) is 0 Å². The number of anilines is 1. The van der Waals surface area contributed by atoms with Gasteiger partial charge >= 0.3 is 6.18 Å². The highest BCUT2D eigenvalue weighted by molar-refractivity contribution is 9.10. The smallest absolute Gasteiger partial charge is 0.389 e. The molecule has 1 aromatic carbocycles. The molecule has 2 nitrogen and oxygen atoms in total. The number of aliphatic hydroxyl groups excluding tert-OH is 1. The topological polar surface area (TPSA) is 23.5 Å². The third kappa shape index (κ3) is 3.86. The van der Waals surface area contributed by atoms with Gasteiger partial charge in [-0.2, -0.15) is 13.2 Å². The largest absolute Gasteiger partial charge is 0.405 e. The van der Waals surface area contributed by atoms with Crippen molar-refractivity contribution in [2.45, 2.75) is 38.1 Å². The van der Waals surface area contributed by atoms with Crippen molar-refractivity contribution in [1.82, 2.24) is 0 Å². The SMILES string of the molecule is C[C@H](O)c1ccc(N(CC(F)(F)F)C2CC2)cc1Br. The van der Waals surface area contributed by atoms with Gasteiger partial charge in [-0.25, -0.2) is 0 Å². The van der Waals surface area contributed by atoms with Gasteiger partial charge in [-0.05, 0) is 37.5 Å². The molecule has 0 aliphatic heterocycles. The standard InChI is InChI=1S/C13H15BrF3NO/c1-8(19)11-5-4-10(6-12(11)14)18(9-2-3-9)7-13(15,16)17/h4-6,8-9,19H,2-3,7H2,1H3/t8-/m0/s1. The Labute approximate surface area is 118 Å². The Balaban J connectivity index is 2.25. The molecule has 2 rings (SSSR count). The Morgan fingerprint density at radius 3 is 2.47 bits per heavy atom. The van der Waals surface area contributed by atoms with E-state index in [1.807, 2.05) is 0 Å². The molecule has 0 heterocycles. The number of hydrogen-bond donors (Lipinski definition) is 1. The van der Waals surface area contributed by atoms with Gasteiger partial charge in [-0.1, -0.05) is 22.0 Å². The van der Waals surface area contributed by atoms with E-state index < -0.39 is 18.8 Å². The lowest BCUT2D eigenvalue weighted by Crippen LogP contribution is -2.36. The van der Waals surface area contributed by atoms with Crippen LogP contribution >= 0.6 is 15.9 Å². The molecule has 6 heteroatoms. The Hall–Kier alpha value is -0.750. The van der Waals surface area contributed by atoms with Gasteiger partial charge in [-0.3, -0.25) is 0 Å². The molecule has 0 spiro atoms. The van der Waals surface area contributed by atoms with Crippen LogP contribution in [0.15, 0.2) is 22.7 Å². The monoisotopic (exact) mass is 337 g/mol. The van der Waals surface area contributed by atoms with Gasteiger partial charge in [0.25, 0.3) is 0 Å². The number of hydrogen-bond acceptors (Lipinski definition) is 2. The van der Waals surface area contributed by atoms with E-state index in [-0.39, 0.29) is 6.04 Å². The van der Waals surface area contributed by atoms with E-state index in [4.69, 9.17) is 0 Å². The molecular weight excluding hydrogens is 323 g/mol. The fourth-order valence-corrected chi connectivity index (χ4v) is 2.74. The molecule has 0 aromatic heterocycles. The van der Waals surface area contributed by atoms with Gasteiger partial charge in [-0.15, -0.1) is 0 Å². The van der Waals surface area contributed by atoms with Crippen molar-refractivity contribution in [3.63, 3.8) is 0 Å². The van der Waals surface area contributed by atoms with Crippen LogP contribution in [0.3, 0.4) is 0 Å². The quantitative estimate of drug-likeness (QED) is 0.896. The van der Waals surface area contributed by atoms with E-state index in [2.05, 4.69) is 15.9 Å². The number of aliphatic hydroxyl groups is 1. The van der Waals surface area contributed by atoms with Crippen molar-refractivity contribution in [2.75, 3.05) is 11.4 Å². The second-order valence-corrected chi connectivity index (χ2v) is 5.71. The normalized spacial score (nSPS) is 17.4. The highest BCUT2D eigenvalue weighted by Gasteiger charge is 2.38. The van der Waals surface area contributed by atoms with Crippen LogP contribution in [0.2, 0.25) is 0 Å². The summed E-state index contributed by atoms with van der Waals surface area (Å²) in [5.74, 6) is 0. The predicted octanol–water partition coefficient (Wildman–Crippen LogP) is 4.03. The molecule has 0 saturated heterocycles. The maximum Gasteiger partial charge on any atom is 0.405 e. The Bertz CT molecular complexity index is 458. The molecule has 1 atom stereocenters. The fourth-order valence-electron chi connectivity index (χ4n) is 2.04. The first-order chi connectivity index (χ1) is 8.78. The van der Waals surface area contributed by atoms with E-state index in [0.29, 0.717) is 15.7 Å². The Kier molecular flexibility index (Phi) is 4.11. The zero-order valence-corrected chi connectivity index (χ0v) is 12.0. The van der Waals surface area contributed by atoms with Crippen molar-refractivity contribution in [3.05, 3.63) is 28.2 Å². The number of benzene rings is 1. The summed E-state index contributed by atoms with van der Waals surface area (Å²) in [6, 6.07) is 4.92. The van der Waals surface area contributed by atoms with Crippen molar-refractivity contribution < 1.29 is 18.3 Å². The minimum atomic E-state index is -4.21. The van der Waals surface area contributed by atoms with Crippen LogP contribution in [0.1, 0.15) is 31.4 Å². The van der Waals surface area contributed by atoms with Gasteiger partial charge in [0, 0.05) is 16.2 Å². The van der Waals surface area contributed by atoms with Crippen LogP contribution in [-0.4, -0.2) is 23.9 Å². The zero-order valence-electron chi connectivity index (χ0n) is 10.4. The minimum absolute atomic E-state index is 0.0223. The minimum Gasteiger partial charge on any atom is -0.389 e. The molecular formula is C13H15BrF3NO. The number of nitrogens with zero attached hydrogens (tertiary/aromatic N) is 1. The summed E-state index contributed by atoms with van der Waals surface area (Å²) in [5, 5.41) is 9.52. The molecule has 1 aromatic rings. The molecule has 0 amide bonds. The summed E-state index contributed by atoms with van der Waals surface area (Å²) in [6.07, 6.45) is -3.27. The lowest BCUT2D eigenvalue weighted by Gasteiger charge is -2.26. The highest BCUT2D eigenvalue weighted by atomic mass is 79.9. The van der Waals surface area contributed by atoms with Crippen LogP contribution in [0, 0.1) is 0 Å². The molecule has 1 fully saturated rings. The maximum absolute atomic E-state index is 12.6. The van der Waals surface area contributed by atoms with E-state index in [0.717, 1.165) is 12.8 Å². The van der Waals surface area contributed by atoms with Crippen LogP contribution in [-0.2, 0) is 0 Å². The first kappa shape index (κ1) is 14.7. The summed E-state index contributed by atoms with van der Waals surface area (Å²) in [5.41, 5.74) is 1.21. The Morgan fingerprint density at radius 2 is 2.05 bits per heavy atom. The Morgan fingerprint density at radius 1 is 1.42 bits per heavy atom. The van der Waals surface area contributed by atoms with E-state index in [9.17, 15) is 18.3 Å². The summed E-state index contributed by atoms with van der Waals surface area (Å²) in [4.78, 5) is 1.39. The molecule has 0 bridgehead atoms. The van der Waals surface area contributed by atoms with Crippen LogP contribution in [0.4, 0.5) is 18.9 Å². The zero-order chi connectivity index (χ0) is 14.2. The van der Waals surface area contributed by atoms with E-state index in [1.165, 1.54) is 4.90 Å². The highest BCUT2D eigenvalue weighted by Crippen LogP contribution is 2.36. The number of halogens is 4. The summed E-state index contributed by atoms with van der Waals surface area (Å²) in [6.45, 7) is 0.687. The fraction of sp³-hybridized carbons (Fsp3) is 0.538. The number of alkyl halides is 3. The average Bonchev–Trinajstić information content (AvgIpc) is 3.07. The van der Waals surface area contributed by atoms with E-state index >= 15 is 0 Å². The molecule has 106 valence electrons. The molecule has 1 saturated carbocycles. The number of rotatable bonds is 4. The van der Waals surface area contributed by atoms with Gasteiger partial charge in [0.2, 0.25) is 0 Å². The molecule has 0 radical (unpaired) electrons. The van der Waals surface area contributed by atoms with Gasteiger partial charge < -0.3 is 10.0 Å². The molecule has 1 N–H and O–H groups in total. The lowest BCUT2D eigenvalue weighted by molar-refractivity contribution is -0.120. The van der Waals surface area contributed by atoms with Crippen LogP contribution < -0.4 is 4.90 Å². The molecule has 19 heavy (non-hydrogen) atoms. The molecule has 1 aliphatic rings. The van der Waals surface area contributed by atoms with Crippen molar-refractivity contribution in [2.24, 2.45) is 0 Å². The second-order valence-electron chi connectivity index (χ2n) is 4.86. The summed E-state index contributed by atoms with van der Waals surface area (Å²) >= 11 is 3.30. The van der Waals surface area contributed by atoms with Gasteiger partial charge in [0.05, 0.1) is 6.10 Å². The summed E-state index contributed by atoms with van der Waals surface area (Å²) < 4.78 is 38.4. The second kappa shape index (κ2) is 5.32. The van der Waals surface area contributed by atoms with Crippen LogP contribution in [0.5, 0.6) is 0 Å². The van der Waals surface area contributed by atoms with Crippen molar-refractivity contribution >= 4 is 21.6 Å². The van der Waals surface area contributed by atoms with Gasteiger partial charge in [0.15, 0.2) is 0 Å². The molecule has 0 unspecified atom stereocenters. The van der Waals surface area contributed by atoms with E-state index in [1.54, 1.807) is 25.1 Å². The molecule has 1 aliphatic carbocycles. The van der Waals surface area contributed by atoms with Crippen molar-refractivity contribution in [3.8, 4) is 0 Å².